The second-order valence-corrected chi connectivity index (χ2v) is 8.96. The quantitative estimate of drug-likeness (QED) is 0.813. The molecule has 0 spiro atoms. The predicted molar refractivity (Wildman–Crippen MR) is 86.8 cm³/mol. The van der Waals surface area contributed by atoms with Crippen molar-refractivity contribution in [1.29, 1.82) is 5.26 Å². The molecule has 1 atom stereocenters. The van der Waals surface area contributed by atoms with E-state index in [1.165, 1.54) is 0 Å². The van der Waals surface area contributed by atoms with E-state index in [0.717, 1.165) is 10.2 Å². The number of anilines is 1. The minimum absolute atomic E-state index is 0.116. The summed E-state index contributed by atoms with van der Waals surface area (Å²) in [4.78, 5) is 1.86. The Bertz CT molecular complexity index is 640. The molecule has 0 amide bonds. The van der Waals surface area contributed by atoms with Crippen molar-refractivity contribution in [3.8, 4) is 6.07 Å². The number of sulfone groups is 1. The molecule has 4 nitrogen and oxygen atoms in total. The number of hydrogen-bond donors (Lipinski definition) is 0. The number of thioether (sulfide) groups is 1. The van der Waals surface area contributed by atoms with Crippen molar-refractivity contribution in [1.82, 2.24) is 0 Å². The lowest BCUT2D eigenvalue weighted by Gasteiger charge is -2.37. The average molecular weight is 375 g/mol. The van der Waals surface area contributed by atoms with Gasteiger partial charge < -0.3 is 4.90 Å². The summed E-state index contributed by atoms with van der Waals surface area (Å²) in [5.74, 6) is 1.53. The molecule has 1 unspecified atom stereocenters. The lowest BCUT2D eigenvalue weighted by atomic mass is 10.1. The van der Waals surface area contributed by atoms with Crippen molar-refractivity contribution < 1.29 is 8.42 Å². The lowest BCUT2D eigenvalue weighted by Crippen LogP contribution is -2.48. The zero-order valence-electron chi connectivity index (χ0n) is 11.0. The van der Waals surface area contributed by atoms with Crippen LogP contribution in [0.5, 0.6) is 0 Å². The molecule has 0 aromatic heterocycles. The summed E-state index contributed by atoms with van der Waals surface area (Å²) in [6.07, 6.45) is 0. The molecule has 20 heavy (non-hydrogen) atoms. The van der Waals surface area contributed by atoms with Crippen LogP contribution in [0.2, 0.25) is 0 Å². The van der Waals surface area contributed by atoms with Gasteiger partial charge >= 0.3 is 0 Å². The van der Waals surface area contributed by atoms with Crippen LogP contribution in [-0.2, 0) is 9.84 Å². The Morgan fingerprint density at radius 1 is 1.55 bits per heavy atom. The highest BCUT2D eigenvalue weighted by Crippen LogP contribution is 2.31. The van der Waals surface area contributed by atoms with E-state index < -0.39 is 15.2 Å². The summed E-state index contributed by atoms with van der Waals surface area (Å²) in [6.45, 7) is 2.30. The number of nitrogens with zero attached hydrogens (tertiary/aromatic N) is 2. The Labute approximate surface area is 132 Å². The highest BCUT2D eigenvalue weighted by atomic mass is 79.9. The molecule has 1 fully saturated rings. The van der Waals surface area contributed by atoms with E-state index in [-0.39, 0.29) is 5.75 Å². The summed E-state index contributed by atoms with van der Waals surface area (Å²) < 4.78 is 25.4. The van der Waals surface area contributed by atoms with Gasteiger partial charge in [0.2, 0.25) is 0 Å². The van der Waals surface area contributed by atoms with Crippen LogP contribution in [0.15, 0.2) is 22.7 Å². The monoisotopic (exact) mass is 374 g/mol. The van der Waals surface area contributed by atoms with Crippen molar-refractivity contribution in [2.45, 2.75) is 12.3 Å². The van der Waals surface area contributed by atoms with Crippen LogP contribution in [0.25, 0.3) is 0 Å². The van der Waals surface area contributed by atoms with Gasteiger partial charge in [0.15, 0.2) is 9.84 Å². The first kappa shape index (κ1) is 15.7. The number of nitriles is 1. The second-order valence-electron chi connectivity index (χ2n) is 4.45. The van der Waals surface area contributed by atoms with E-state index in [1.807, 2.05) is 11.0 Å². The summed E-state index contributed by atoms with van der Waals surface area (Å²) in [5, 5.41) is 8.69. The zero-order valence-corrected chi connectivity index (χ0v) is 14.3. The number of benzene rings is 1. The molecule has 0 radical (unpaired) electrons. The molecule has 0 N–H and O–H groups in total. The van der Waals surface area contributed by atoms with Crippen molar-refractivity contribution in [2.75, 3.05) is 28.7 Å². The van der Waals surface area contributed by atoms with Gasteiger partial charge in [-0.05, 0) is 18.2 Å². The molecule has 1 aromatic carbocycles. The van der Waals surface area contributed by atoms with E-state index in [9.17, 15) is 13.7 Å². The van der Waals surface area contributed by atoms with Gasteiger partial charge in [-0.2, -0.15) is 17.0 Å². The summed E-state index contributed by atoms with van der Waals surface area (Å²) >= 11 is 5.03. The van der Waals surface area contributed by atoms with Crippen molar-refractivity contribution in [3.05, 3.63) is 28.2 Å². The molecule has 0 saturated carbocycles. The van der Waals surface area contributed by atoms with Gasteiger partial charge in [0.05, 0.1) is 11.3 Å². The van der Waals surface area contributed by atoms with Gasteiger partial charge in [0, 0.05) is 28.3 Å². The molecule has 1 heterocycles. The highest BCUT2D eigenvalue weighted by molar-refractivity contribution is 9.10. The fourth-order valence-electron chi connectivity index (χ4n) is 2.18. The first-order valence-corrected chi connectivity index (χ1v) is 9.91. The van der Waals surface area contributed by atoms with E-state index in [4.69, 9.17) is 0 Å². The Hall–Kier alpha value is -0.710. The van der Waals surface area contributed by atoms with Crippen LogP contribution in [0.3, 0.4) is 0 Å². The maximum Gasteiger partial charge on any atom is 0.171 e. The topological polar surface area (TPSA) is 61.2 Å². The molecule has 1 aromatic rings. The Kier molecular flexibility index (Phi) is 4.99. The highest BCUT2D eigenvalue weighted by Gasteiger charge is 2.34. The van der Waals surface area contributed by atoms with Crippen LogP contribution in [0, 0.1) is 11.3 Å². The average Bonchev–Trinajstić information content (AvgIpc) is 2.47. The van der Waals surface area contributed by atoms with Gasteiger partial charge in [0.1, 0.15) is 11.4 Å². The molecule has 2 rings (SSSR count). The van der Waals surface area contributed by atoms with E-state index in [2.05, 4.69) is 22.0 Å². The van der Waals surface area contributed by atoms with Crippen molar-refractivity contribution in [3.63, 3.8) is 0 Å². The molecule has 7 heteroatoms. The normalized spacial score (nSPS) is 19.6. The van der Waals surface area contributed by atoms with Gasteiger partial charge in [-0.3, -0.25) is 0 Å². The van der Waals surface area contributed by atoms with Crippen LogP contribution in [-0.4, -0.2) is 37.6 Å². The molecule has 1 aliphatic heterocycles. The van der Waals surface area contributed by atoms with E-state index in [1.54, 1.807) is 30.8 Å². The minimum Gasteiger partial charge on any atom is -0.352 e. The van der Waals surface area contributed by atoms with Crippen molar-refractivity contribution >= 4 is 43.2 Å². The first-order chi connectivity index (χ1) is 9.49. The Balaban J connectivity index is 2.49. The summed E-state index contributed by atoms with van der Waals surface area (Å²) in [5.41, 5.74) is 1.21. The van der Waals surface area contributed by atoms with Gasteiger partial charge in [-0.25, -0.2) is 8.42 Å². The molecule has 1 saturated heterocycles. The number of rotatable bonds is 3. The van der Waals surface area contributed by atoms with Crippen LogP contribution in [0.1, 0.15) is 12.5 Å². The maximum absolute atomic E-state index is 12.3. The predicted octanol–water partition coefficient (Wildman–Crippen LogP) is 2.63. The van der Waals surface area contributed by atoms with Gasteiger partial charge in [0.25, 0.3) is 0 Å². The lowest BCUT2D eigenvalue weighted by molar-refractivity contribution is 0.579. The molecule has 0 bridgehead atoms. The largest absolute Gasteiger partial charge is 0.352 e. The van der Waals surface area contributed by atoms with E-state index >= 15 is 0 Å². The minimum atomic E-state index is -3.18. The van der Waals surface area contributed by atoms with Crippen molar-refractivity contribution in [2.24, 2.45) is 0 Å². The molecule has 108 valence electrons. The van der Waals surface area contributed by atoms with Crippen LogP contribution < -0.4 is 4.90 Å². The molecular formula is C13H15BrN2O2S2. The third kappa shape index (κ3) is 3.13. The maximum atomic E-state index is 12.3. The van der Waals surface area contributed by atoms with Crippen LogP contribution in [0.4, 0.5) is 5.69 Å². The smallest absolute Gasteiger partial charge is 0.171 e. The summed E-state index contributed by atoms with van der Waals surface area (Å²) in [6, 6.07) is 7.49. The SMILES string of the molecule is CCS(=O)(=O)C1CSCCN1c1cc(Br)ccc1C#N. The zero-order chi connectivity index (χ0) is 14.8. The first-order valence-electron chi connectivity index (χ1n) is 6.25. The molecule has 0 aliphatic carbocycles. The molecular weight excluding hydrogens is 360 g/mol. The Morgan fingerprint density at radius 2 is 2.30 bits per heavy atom. The van der Waals surface area contributed by atoms with Gasteiger partial charge in [-0.1, -0.05) is 22.9 Å². The summed E-state index contributed by atoms with van der Waals surface area (Å²) in [7, 11) is -3.18. The number of hydrogen-bond acceptors (Lipinski definition) is 5. The fraction of sp³-hybridized carbons (Fsp3) is 0.462. The van der Waals surface area contributed by atoms with Crippen LogP contribution >= 0.6 is 27.7 Å². The van der Waals surface area contributed by atoms with E-state index in [0.29, 0.717) is 23.5 Å². The number of halogens is 1. The fourth-order valence-corrected chi connectivity index (χ4v) is 5.52. The van der Waals surface area contributed by atoms with Gasteiger partial charge in [-0.15, -0.1) is 0 Å². The third-order valence-corrected chi connectivity index (χ3v) is 7.07. The second kappa shape index (κ2) is 6.37. The Morgan fingerprint density at radius 3 is 2.95 bits per heavy atom. The third-order valence-electron chi connectivity index (χ3n) is 3.29. The molecule has 1 aliphatic rings. The standard InChI is InChI=1S/C13H15BrN2O2S2/c1-2-20(17,18)13-9-19-6-5-16(13)12-7-11(14)4-3-10(12)8-15/h3-4,7,13H,2,5-6,9H2,1H3.